The second-order valence-corrected chi connectivity index (χ2v) is 6.41. The van der Waals surface area contributed by atoms with Gasteiger partial charge in [-0.2, -0.15) is 0 Å². The number of amides is 2. The highest BCUT2D eigenvalue weighted by molar-refractivity contribution is 7.10. The summed E-state index contributed by atoms with van der Waals surface area (Å²) in [5, 5.41) is 14.7. The monoisotopic (exact) mass is 312 g/mol. The van der Waals surface area contributed by atoms with Gasteiger partial charge in [-0.1, -0.05) is 13.0 Å². The topological polar surface area (TPSA) is 61.8 Å². The average Bonchev–Trinajstić information content (AvgIpc) is 2.98. The molecule has 1 saturated heterocycles. The van der Waals surface area contributed by atoms with E-state index in [1.54, 1.807) is 23.2 Å². The van der Waals surface area contributed by atoms with Gasteiger partial charge in [-0.25, -0.2) is 4.79 Å². The molecule has 2 amide bonds. The fourth-order valence-electron chi connectivity index (χ4n) is 2.61. The number of hydrogen-bond acceptors (Lipinski definition) is 4. The molecule has 5 nitrogen and oxygen atoms in total. The van der Waals surface area contributed by atoms with Crippen LogP contribution in [-0.2, 0) is 4.74 Å². The van der Waals surface area contributed by atoms with Gasteiger partial charge in [0.15, 0.2) is 0 Å². The van der Waals surface area contributed by atoms with Crippen molar-refractivity contribution in [2.75, 3.05) is 19.8 Å². The Bertz CT molecular complexity index is 436. The average molecular weight is 312 g/mol. The number of morpholine rings is 1. The molecule has 0 radical (unpaired) electrons. The van der Waals surface area contributed by atoms with E-state index in [1.807, 2.05) is 17.5 Å². The van der Waals surface area contributed by atoms with Crippen LogP contribution in [-0.4, -0.2) is 47.9 Å². The number of thiophene rings is 1. The number of rotatable bonds is 5. The van der Waals surface area contributed by atoms with Crippen molar-refractivity contribution in [1.82, 2.24) is 10.2 Å². The van der Waals surface area contributed by atoms with Crippen LogP contribution < -0.4 is 5.32 Å². The number of nitrogens with one attached hydrogen (secondary N) is 1. The van der Waals surface area contributed by atoms with Gasteiger partial charge in [-0.15, -0.1) is 11.3 Å². The number of urea groups is 1. The zero-order valence-electron chi connectivity index (χ0n) is 12.6. The summed E-state index contributed by atoms with van der Waals surface area (Å²) in [5.74, 6) is 0. The molecule has 1 aliphatic rings. The number of aliphatic hydroxyl groups is 1. The van der Waals surface area contributed by atoms with Gasteiger partial charge in [-0.05, 0) is 31.2 Å². The van der Waals surface area contributed by atoms with Gasteiger partial charge >= 0.3 is 6.03 Å². The summed E-state index contributed by atoms with van der Waals surface area (Å²) in [6.45, 7) is 5.43. The number of nitrogens with zero attached hydrogens (tertiary/aromatic N) is 1. The number of carbonyl (C=O) groups excluding carboxylic acids is 1. The molecule has 0 saturated carbocycles. The lowest BCUT2D eigenvalue weighted by molar-refractivity contribution is -0.00484. The van der Waals surface area contributed by atoms with Crippen molar-refractivity contribution in [1.29, 1.82) is 0 Å². The van der Waals surface area contributed by atoms with Crippen LogP contribution in [0.2, 0.25) is 0 Å². The maximum Gasteiger partial charge on any atom is 0.318 e. The molecule has 1 fully saturated rings. The minimum atomic E-state index is -0.439. The van der Waals surface area contributed by atoms with Crippen LogP contribution in [0, 0.1) is 0 Å². The summed E-state index contributed by atoms with van der Waals surface area (Å²) in [6, 6.07) is 3.97. The molecule has 0 aliphatic carbocycles. The van der Waals surface area contributed by atoms with Gasteiger partial charge in [0.1, 0.15) is 0 Å². The van der Waals surface area contributed by atoms with E-state index in [4.69, 9.17) is 4.74 Å². The predicted octanol–water partition coefficient (Wildman–Crippen LogP) is 2.38. The van der Waals surface area contributed by atoms with Crippen LogP contribution in [0.5, 0.6) is 0 Å². The van der Waals surface area contributed by atoms with E-state index in [9.17, 15) is 9.90 Å². The fourth-order valence-corrected chi connectivity index (χ4v) is 3.47. The third-order valence-electron chi connectivity index (χ3n) is 3.69. The van der Waals surface area contributed by atoms with E-state index in [2.05, 4.69) is 12.2 Å². The summed E-state index contributed by atoms with van der Waals surface area (Å²) in [5.41, 5.74) is 0. The Morgan fingerprint density at radius 2 is 2.48 bits per heavy atom. The Kier molecular flexibility index (Phi) is 6.02. The lowest BCUT2D eigenvalue weighted by atomic mass is 10.1. The molecular formula is C15H24N2O3S. The van der Waals surface area contributed by atoms with Crippen LogP contribution in [0.1, 0.15) is 37.6 Å². The SMILES string of the molecule is CC[C@H](NC(=O)N1CCOC[C@H]1C[C@@H](C)O)c1cccs1. The van der Waals surface area contributed by atoms with E-state index in [-0.39, 0.29) is 18.1 Å². The molecule has 2 heterocycles. The summed E-state index contributed by atoms with van der Waals surface area (Å²) >= 11 is 1.66. The maximum atomic E-state index is 12.5. The molecule has 0 aromatic carbocycles. The van der Waals surface area contributed by atoms with E-state index in [0.717, 1.165) is 6.42 Å². The van der Waals surface area contributed by atoms with Crippen molar-refractivity contribution >= 4 is 17.4 Å². The van der Waals surface area contributed by atoms with Gasteiger partial charge in [0.25, 0.3) is 0 Å². The molecule has 21 heavy (non-hydrogen) atoms. The minimum absolute atomic E-state index is 0.0487. The normalized spacial score (nSPS) is 21.9. The quantitative estimate of drug-likeness (QED) is 0.877. The zero-order valence-corrected chi connectivity index (χ0v) is 13.4. The standard InChI is InChI=1S/C15H24N2O3S/c1-3-13(14-5-4-8-21-14)16-15(19)17-6-7-20-10-12(17)9-11(2)18/h4-5,8,11-13,18H,3,6-7,9-10H2,1-2H3,(H,16,19)/t11-,12-,13+/m1/s1. The molecule has 3 atom stereocenters. The Hall–Kier alpha value is -1.11. The van der Waals surface area contributed by atoms with Gasteiger partial charge in [0.05, 0.1) is 31.4 Å². The Morgan fingerprint density at radius 3 is 3.10 bits per heavy atom. The molecule has 6 heteroatoms. The van der Waals surface area contributed by atoms with E-state index >= 15 is 0 Å². The second kappa shape index (κ2) is 7.77. The first kappa shape index (κ1) is 16.3. The summed E-state index contributed by atoms with van der Waals surface area (Å²) in [6.07, 6.45) is 0.965. The van der Waals surface area contributed by atoms with E-state index in [1.165, 1.54) is 4.88 Å². The van der Waals surface area contributed by atoms with Crippen LogP contribution in [0.15, 0.2) is 17.5 Å². The summed E-state index contributed by atoms with van der Waals surface area (Å²) < 4.78 is 5.44. The molecule has 2 rings (SSSR count). The Balaban J connectivity index is 1.99. The van der Waals surface area contributed by atoms with Crippen LogP contribution in [0.25, 0.3) is 0 Å². The van der Waals surface area contributed by atoms with E-state index in [0.29, 0.717) is 26.2 Å². The minimum Gasteiger partial charge on any atom is -0.393 e. The first-order valence-electron chi connectivity index (χ1n) is 7.48. The van der Waals surface area contributed by atoms with E-state index < -0.39 is 6.10 Å². The van der Waals surface area contributed by atoms with Crippen molar-refractivity contribution < 1.29 is 14.6 Å². The van der Waals surface area contributed by atoms with Crippen LogP contribution >= 0.6 is 11.3 Å². The fraction of sp³-hybridized carbons (Fsp3) is 0.667. The summed E-state index contributed by atoms with van der Waals surface area (Å²) in [7, 11) is 0. The third-order valence-corrected chi connectivity index (χ3v) is 4.68. The molecule has 1 aromatic rings. The lowest BCUT2D eigenvalue weighted by Gasteiger charge is -2.37. The number of aliphatic hydroxyl groups excluding tert-OH is 1. The molecule has 1 aromatic heterocycles. The lowest BCUT2D eigenvalue weighted by Crippen LogP contribution is -2.53. The number of ether oxygens (including phenoxy) is 1. The highest BCUT2D eigenvalue weighted by Gasteiger charge is 2.29. The van der Waals surface area contributed by atoms with Gasteiger partial charge in [0.2, 0.25) is 0 Å². The van der Waals surface area contributed by atoms with Crippen molar-refractivity contribution in [2.45, 2.75) is 44.9 Å². The molecular weight excluding hydrogens is 288 g/mol. The highest BCUT2D eigenvalue weighted by atomic mass is 32.1. The van der Waals surface area contributed by atoms with Crippen molar-refractivity contribution in [2.24, 2.45) is 0 Å². The molecule has 1 aliphatic heterocycles. The molecule has 118 valence electrons. The van der Waals surface area contributed by atoms with Crippen molar-refractivity contribution in [3.8, 4) is 0 Å². The summed E-state index contributed by atoms with van der Waals surface area (Å²) in [4.78, 5) is 15.5. The zero-order chi connectivity index (χ0) is 15.2. The Labute approximate surface area is 129 Å². The van der Waals surface area contributed by atoms with Gasteiger partial charge < -0.3 is 20.1 Å². The third kappa shape index (κ3) is 4.43. The first-order valence-corrected chi connectivity index (χ1v) is 8.36. The first-order chi connectivity index (χ1) is 10.1. The highest BCUT2D eigenvalue weighted by Crippen LogP contribution is 2.22. The second-order valence-electron chi connectivity index (χ2n) is 5.43. The Morgan fingerprint density at radius 1 is 1.67 bits per heavy atom. The van der Waals surface area contributed by atoms with Crippen LogP contribution in [0.4, 0.5) is 4.79 Å². The van der Waals surface area contributed by atoms with Gasteiger partial charge in [-0.3, -0.25) is 0 Å². The molecule has 0 spiro atoms. The van der Waals surface area contributed by atoms with Crippen molar-refractivity contribution in [3.05, 3.63) is 22.4 Å². The van der Waals surface area contributed by atoms with Crippen molar-refractivity contribution in [3.63, 3.8) is 0 Å². The van der Waals surface area contributed by atoms with Crippen LogP contribution in [0.3, 0.4) is 0 Å². The molecule has 2 N–H and O–H groups in total. The number of hydrogen-bond donors (Lipinski definition) is 2. The molecule has 0 unspecified atom stereocenters. The molecule has 0 bridgehead atoms. The van der Waals surface area contributed by atoms with Gasteiger partial charge in [0, 0.05) is 11.4 Å². The number of carbonyl (C=O) groups is 1. The largest absolute Gasteiger partial charge is 0.393 e. The maximum absolute atomic E-state index is 12.5. The predicted molar refractivity (Wildman–Crippen MR) is 83.5 cm³/mol. The smallest absolute Gasteiger partial charge is 0.318 e.